The smallest absolute Gasteiger partial charge is 0.250 e. The quantitative estimate of drug-likeness (QED) is 0.227. The highest BCUT2D eigenvalue weighted by molar-refractivity contribution is 6.74. The van der Waals surface area contributed by atoms with Gasteiger partial charge in [0.1, 0.15) is 0 Å². The maximum absolute atomic E-state index is 6.35. The molecule has 2 heteroatoms. The Morgan fingerprint density at radius 2 is 1.26 bits per heavy atom. The standard InChI is InChI=1S/C17H34OSi/c1-5-9-13-14-18-19(15-10-6-2,16-11-7-3)17-12-8-4/h5,9,13-14H,6-8,10-12,15-17H2,1-4H3/b9-5+,14-13+. The molecule has 0 N–H and O–H groups in total. The maximum Gasteiger partial charge on any atom is 0.250 e. The Balaban J connectivity index is 4.65. The third-order valence-electron chi connectivity index (χ3n) is 3.66. The molecule has 1 nitrogen and oxygen atoms in total. The summed E-state index contributed by atoms with van der Waals surface area (Å²) in [7, 11) is -1.53. The first-order valence-electron chi connectivity index (χ1n) is 8.20. The molecule has 0 aliphatic heterocycles. The average molecular weight is 283 g/mol. The SMILES string of the molecule is C/C=C/C=C/O[Si](CCCC)(CCCC)CCCC. The van der Waals surface area contributed by atoms with Gasteiger partial charge in [0, 0.05) is 0 Å². The monoisotopic (exact) mass is 282 g/mol. The van der Waals surface area contributed by atoms with E-state index >= 15 is 0 Å². The van der Waals surface area contributed by atoms with Crippen molar-refractivity contribution in [3.63, 3.8) is 0 Å². The van der Waals surface area contributed by atoms with Crippen LogP contribution in [0.15, 0.2) is 24.5 Å². The highest BCUT2D eigenvalue weighted by Crippen LogP contribution is 2.29. The van der Waals surface area contributed by atoms with Crippen molar-refractivity contribution in [1.82, 2.24) is 0 Å². The van der Waals surface area contributed by atoms with E-state index < -0.39 is 8.32 Å². The highest BCUT2D eigenvalue weighted by atomic mass is 28.4. The van der Waals surface area contributed by atoms with Crippen LogP contribution in [0.1, 0.15) is 66.2 Å². The number of allylic oxidation sites excluding steroid dienone is 3. The van der Waals surface area contributed by atoms with Crippen LogP contribution in [0.4, 0.5) is 0 Å². The van der Waals surface area contributed by atoms with Gasteiger partial charge in [0.15, 0.2) is 0 Å². The first-order valence-corrected chi connectivity index (χ1v) is 10.7. The molecule has 0 aromatic heterocycles. The topological polar surface area (TPSA) is 9.23 Å². The number of hydrogen-bond donors (Lipinski definition) is 0. The predicted molar refractivity (Wildman–Crippen MR) is 89.9 cm³/mol. The van der Waals surface area contributed by atoms with Crippen molar-refractivity contribution in [1.29, 1.82) is 0 Å². The van der Waals surface area contributed by atoms with Gasteiger partial charge in [-0.25, -0.2) is 0 Å². The molecule has 0 aromatic carbocycles. The fraction of sp³-hybridized carbons (Fsp3) is 0.765. The Labute approximate surface area is 122 Å². The summed E-state index contributed by atoms with van der Waals surface area (Å²) in [6, 6.07) is 4.01. The maximum atomic E-state index is 6.35. The van der Waals surface area contributed by atoms with Crippen LogP contribution in [0.25, 0.3) is 0 Å². The second-order valence-corrected chi connectivity index (χ2v) is 9.57. The largest absolute Gasteiger partial charge is 0.549 e. The lowest BCUT2D eigenvalue weighted by Crippen LogP contribution is -2.36. The van der Waals surface area contributed by atoms with Crippen LogP contribution < -0.4 is 0 Å². The molecule has 112 valence electrons. The summed E-state index contributed by atoms with van der Waals surface area (Å²) in [5, 5.41) is 0. The van der Waals surface area contributed by atoms with Crippen molar-refractivity contribution in [2.24, 2.45) is 0 Å². The fourth-order valence-corrected chi connectivity index (χ4v) is 6.85. The van der Waals surface area contributed by atoms with E-state index in [1.807, 2.05) is 25.3 Å². The molecule has 0 aliphatic rings. The van der Waals surface area contributed by atoms with E-state index in [1.54, 1.807) is 0 Å². The van der Waals surface area contributed by atoms with Gasteiger partial charge in [0.25, 0.3) is 0 Å². The second-order valence-electron chi connectivity index (χ2n) is 5.47. The Bertz CT molecular complexity index is 224. The summed E-state index contributed by atoms with van der Waals surface area (Å²) in [6.07, 6.45) is 16.0. The van der Waals surface area contributed by atoms with E-state index in [9.17, 15) is 0 Å². The van der Waals surface area contributed by atoms with Crippen LogP contribution in [0.5, 0.6) is 0 Å². The first kappa shape index (κ1) is 18.5. The minimum atomic E-state index is -1.53. The summed E-state index contributed by atoms with van der Waals surface area (Å²) in [4.78, 5) is 0. The molecule has 0 rings (SSSR count). The van der Waals surface area contributed by atoms with Gasteiger partial charge in [-0.15, -0.1) is 0 Å². The molecule has 0 fully saturated rings. The Hall–Kier alpha value is -0.503. The van der Waals surface area contributed by atoms with Crippen LogP contribution in [0, 0.1) is 0 Å². The molecular weight excluding hydrogens is 248 g/mol. The summed E-state index contributed by atoms with van der Waals surface area (Å²) in [6.45, 7) is 8.90. The predicted octanol–water partition coefficient (Wildman–Crippen LogP) is 6.44. The van der Waals surface area contributed by atoms with E-state index in [2.05, 4.69) is 26.8 Å². The van der Waals surface area contributed by atoms with Crippen LogP contribution >= 0.6 is 0 Å². The molecule has 0 heterocycles. The Morgan fingerprint density at radius 3 is 1.63 bits per heavy atom. The van der Waals surface area contributed by atoms with Gasteiger partial charge in [-0.05, 0) is 31.1 Å². The van der Waals surface area contributed by atoms with Crippen molar-refractivity contribution >= 4 is 8.32 Å². The van der Waals surface area contributed by atoms with E-state index in [1.165, 1.54) is 56.7 Å². The lowest BCUT2D eigenvalue weighted by atomic mass is 10.4. The summed E-state index contributed by atoms with van der Waals surface area (Å²) in [5.41, 5.74) is 0. The van der Waals surface area contributed by atoms with Crippen molar-refractivity contribution in [3.05, 3.63) is 24.5 Å². The van der Waals surface area contributed by atoms with Crippen LogP contribution in [-0.4, -0.2) is 8.32 Å². The van der Waals surface area contributed by atoms with E-state index in [0.29, 0.717) is 0 Å². The van der Waals surface area contributed by atoms with Gasteiger partial charge in [0.05, 0.1) is 6.26 Å². The zero-order chi connectivity index (χ0) is 14.4. The molecule has 0 amide bonds. The average Bonchev–Trinajstić information content (AvgIpc) is 2.44. The van der Waals surface area contributed by atoms with Gasteiger partial charge >= 0.3 is 0 Å². The highest BCUT2D eigenvalue weighted by Gasteiger charge is 2.33. The molecule has 0 saturated carbocycles. The van der Waals surface area contributed by atoms with Crippen molar-refractivity contribution in [2.75, 3.05) is 0 Å². The third-order valence-corrected chi connectivity index (χ3v) is 8.09. The number of unbranched alkanes of at least 4 members (excludes halogenated alkanes) is 3. The molecule has 0 atom stereocenters. The van der Waals surface area contributed by atoms with E-state index in [-0.39, 0.29) is 0 Å². The van der Waals surface area contributed by atoms with Crippen LogP contribution in [0.3, 0.4) is 0 Å². The van der Waals surface area contributed by atoms with Crippen LogP contribution in [-0.2, 0) is 4.43 Å². The third kappa shape index (κ3) is 9.09. The van der Waals surface area contributed by atoms with Gasteiger partial charge in [-0.1, -0.05) is 71.4 Å². The number of rotatable bonds is 12. The van der Waals surface area contributed by atoms with Gasteiger partial charge in [0.2, 0.25) is 8.32 Å². The fourth-order valence-electron chi connectivity index (χ4n) is 2.39. The second kappa shape index (κ2) is 12.5. The summed E-state index contributed by atoms with van der Waals surface area (Å²) in [5.74, 6) is 0. The lowest BCUT2D eigenvalue weighted by Gasteiger charge is -2.30. The van der Waals surface area contributed by atoms with E-state index in [0.717, 1.165) is 0 Å². The Morgan fingerprint density at radius 1 is 0.789 bits per heavy atom. The molecule has 0 aliphatic carbocycles. The molecule has 0 saturated heterocycles. The zero-order valence-corrected chi connectivity index (χ0v) is 14.6. The molecule has 0 radical (unpaired) electrons. The minimum absolute atomic E-state index is 1.29. The van der Waals surface area contributed by atoms with Crippen molar-refractivity contribution in [2.45, 2.75) is 84.4 Å². The van der Waals surface area contributed by atoms with Gasteiger partial charge in [-0.3, -0.25) is 0 Å². The lowest BCUT2D eigenvalue weighted by molar-refractivity contribution is 0.443. The summed E-state index contributed by atoms with van der Waals surface area (Å²) < 4.78 is 6.35. The Kier molecular flexibility index (Phi) is 12.2. The van der Waals surface area contributed by atoms with Gasteiger partial charge in [-0.2, -0.15) is 0 Å². The minimum Gasteiger partial charge on any atom is -0.549 e. The molecule has 0 spiro atoms. The van der Waals surface area contributed by atoms with Crippen molar-refractivity contribution < 1.29 is 4.43 Å². The summed E-state index contributed by atoms with van der Waals surface area (Å²) >= 11 is 0. The molecule has 0 bridgehead atoms. The molecule has 0 unspecified atom stereocenters. The molecule has 0 aromatic rings. The van der Waals surface area contributed by atoms with Crippen molar-refractivity contribution in [3.8, 4) is 0 Å². The normalized spacial score (nSPS) is 12.6. The molecule has 19 heavy (non-hydrogen) atoms. The zero-order valence-electron chi connectivity index (χ0n) is 13.6. The number of hydrogen-bond acceptors (Lipinski definition) is 1. The first-order chi connectivity index (χ1) is 9.24. The van der Waals surface area contributed by atoms with E-state index in [4.69, 9.17) is 4.43 Å². The molecular formula is C17H34OSi. The van der Waals surface area contributed by atoms with Gasteiger partial charge < -0.3 is 4.43 Å². The van der Waals surface area contributed by atoms with Crippen LogP contribution in [0.2, 0.25) is 18.1 Å².